The number of aliphatic carboxylic acids is 1. The van der Waals surface area contributed by atoms with Crippen LogP contribution in [0.4, 0.5) is 5.69 Å². The van der Waals surface area contributed by atoms with Gasteiger partial charge in [-0.1, -0.05) is 32.1 Å². The Hall–Kier alpha value is -3.54. The average Bonchev–Trinajstić information content (AvgIpc) is 3.18. The Morgan fingerprint density at radius 1 is 1.20 bits per heavy atom. The number of rotatable bonds is 8. The van der Waals surface area contributed by atoms with E-state index in [1.165, 1.54) is 0 Å². The molecule has 0 radical (unpaired) electrons. The molecule has 0 unspecified atom stereocenters. The number of aryl methyl sites for hydroxylation is 1. The minimum atomic E-state index is -0.816. The van der Waals surface area contributed by atoms with Crippen molar-refractivity contribution in [2.45, 2.75) is 46.5 Å². The number of benzene rings is 2. The molecule has 0 saturated heterocycles. The molecule has 1 aliphatic carbocycles. The minimum absolute atomic E-state index is 0.0227. The van der Waals surface area contributed by atoms with Gasteiger partial charge in [0.25, 0.3) is 0 Å². The normalized spacial score (nSPS) is 15.6. The first-order chi connectivity index (χ1) is 16.7. The van der Waals surface area contributed by atoms with E-state index in [2.05, 4.69) is 36.9 Å². The second-order valence-electron chi connectivity index (χ2n) is 9.94. The Morgan fingerprint density at radius 3 is 2.63 bits per heavy atom. The number of carboxylic acids is 1. The molecule has 1 aromatic heterocycles. The summed E-state index contributed by atoms with van der Waals surface area (Å²) in [5.74, 6) is 1.47. The number of oxazole rings is 1. The topological polar surface area (TPSA) is 75.8 Å². The molecule has 0 saturated carbocycles. The number of carbonyl (C=O) groups is 1. The van der Waals surface area contributed by atoms with Crippen molar-refractivity contribution in [1.29, 1.82) is 0 Å². The Bertz CT molecular complexity index is 1240. The highest BCUT2D eigenvalue weighted by molar-refractivity contribution is 5.79. The highest BCUT2D eigenvalue weighted by atomic mass is 16.5. The van der Waals surface area contributed by atoms with Gasteiger partial charge < -0.3 is 19.2 Å². The fourth-order valence-corrected chi connectivity index (χ4v) is 4.67. The van der Waals surface area contributed by atoms with Crippen LogP contribution in [0.3, 0.4) is 0 Å². The third-order valence-corrected chi connectivity index (χ3v) is 6.75. The SMILES string of the molecule is Cc1oc(-c2ccc(N(C)C)cc2)nc1CCOc1cccc2c1CCC(C)(C)/C2=C/CC(=O)O. The van der Waals surface area contributed by atoms with Crippen LogP contribution in [0.25, 0.3) is 17.0 Å². The lowest BCUT2D eigenvalue weighted by atomic mass is 9.70. The van der Waals surface area contributed by atoms with Gasteiger partial charge in [0.15, 0.2) is 0 Å². The predicted molar refractivity (Wildman–Crippen MR) is 139 cm³/mol. The van der Waals surface area contributed by atoms with Gasteiger partial charge in [-0.05, 0) is 66.6 Å². The Morgan fingerprint density at radius 2 is 1.94 bits per heavy atom. The molecule has 3 aromatic rings. The summed E-state index contributed by atoms with van der Waals surface area (Å²) in [5.41, 5.74) is 6.24. The van der Waals surface area contributed by atoms with Crippen LogP contribution < -0.4 is 9.64 Å². The summed E-state index contributed by atoms with van der Waals surface area (Å²) in [7, 11) is 4.03. The number of hydrogen-bond donors (Lipinski definition) is 1. The molecule has 4 rings (SSSR count). The Balaban J connectivity index is 1.48. The van der Waals surface area contributed by atoms with E-state index < -0.39 is 5.97 Å². The van der Waals surface area contributed by atoms with Gasteiger partial charge in [-0.3, -0.25) is 4.79 Å². The zero-order valence-corrected chi connectivity index (χ0v) is 21.2. The summed E-state index contributed by atoms with van der Waals surface area (Å²) >= 11 is 0. The molecular weight excluding hydrogens is 440 g/mol. The van der Waals surface area contributed by atoms with Gasteiger partial charge in [-0.2, -0.15) is 0 Å². The molecule has 0 atom stereocenters. The quantitative estimate of drug-likeness (QED) is 0.421. The third-order valence-electron chi connectivity index (χ3n) is 6.75. The monoisotopic (exact) mass is 474 g/mol. The highest BCUT2D eigenvalue weighted by Crippen LogP contribution is 2.47. The number of ether oxygens (including phenoxy) is 1. The van der Waals surface area contributed by atoms with Crippen molar-refractivity contribution in [3.63, 3.8) is 0 Å². The number of anilines is 1. The first-order valence-corrected chi connectivity index (χ1v) is 12.1. The van der Waals surface area contributed by atoms with E-state index in [1.807, 2.05) is 51.4 Å². The summed E-state index contributed by atoms with van der Waals surface area (Å²) in [6.45, 7) is 6.78. The number of hydrogen-bond acceptors (Lipinski definition) is 5. The summed E-state index contributed by atoms with van der Waals surface area (Å²) < 4.78 is 12.2. The van der Waals surface area contributed by atoms with Crippen LogP contribution in [-0.4, -0.2) is 36.8 Å². The van der Waals surface area contributed by atoms with Gasteiger partial charge in [-0.15, -0.1) is 0 Å². The molecule has 0 amide bonds. The van der Waals surface area contributed by atoms with Crippen molar-refractivity contribution in [2.24, 2.45) is 5.41 Å². The number of nitrogens with zero attached hydrogens (tertiary/aromatic N) is 2. The van der Waals surface area contributed by atoms with E-state index in [-0.39, 0.29) is 11.8 Å². The van der Waals surface area contributed by atoms with Crippen LogP contribution in [0.15, 0.2) is 53.0 Å². The zero-order valence-electron chi connectivity index (χ0n) is 21.2. The maximum Gasteiger partial charge on any atom is 0.307 e. The number of allylic oxidation sites excluding steroid dienone is 1. The second-order valence-corrected chi connectivity index (χ2v) is 9.94. The molecule has 0 bridgehead atoms. The van der Waals surface area contributed by atoms with Crippen LogP contribution in [0.5, 0.6) is 5.75 Å². The predicted octanol–water partition coefficient (Wildman–Crippen LogP) is 6.17. The lowest BCUT2D eigenvalue weighted by Gasteiger charge is -2.35. The van der Waals surface area contributed by atoms with Crippen molar-refractivity contribution < 1.29 is 19.1 Å². The number of aromatic nitrogens is 1. The molecule has 0 spiro atoms. The van der Waals surface area contributed by atoms with Crippen molar-refractivity contribution in [2.75, 3.05) is 25.6 Å². The summed E-state index contributed by atoms with van der Waals surface area (Å²) in [6, 6.07) is 14.2. The lowest BCUT2D eigenvalue weighted by molar-refractivity contribution is -0.136. The molecule has 0 aliphatic heterocycles. The largest absolute Gasteiger partial charge is 0.493 e. The first kappa shape index (κ1) is 24.6. The van der Waals surface area contributed by atoms with Crippen molar-refractivity contribution >= 4 is 17.2 Å². The minimum Gasteiger partial charge on any atom is -0.493 e. The van der Waals surface area contributed by atoms with E-state index in [0.717, 1.165) is 58.0 Å². The summed E-state index contributed by atoms with van der Waals surface area (Å²) in [5, 5.41) is 9.19. The van der Waals surface area contributed by atoms with Crippen molar-refractivity contribution in [3.05, 3.63) is 71.1 Å². The molecule has 6 heteroatoms. The van der Waals surface area contributed by atoms with Crippen LogP contribution in [0, 0.1) is 12.3 Å². The van der Waals surface area contributed by atoms with E-state index >= 15 is 0 Å². The summed E-state index contributed by atoms with van der Waals surface area (Å²) in [4.78, 5) is 18.0. The summed E-state index contributed by atoms with van der Waals surface area (Å²) in [6.07, 6.45) is 4.37. The zero-order chi connectivity index (χ0) is 25.2. The van der Waals surface area contributed by atoms with E-state index in [9.17, 15) is 9.90 Å². The van der Waals surface area contributed by atoms with Gasteiger partial charge in [-0.25, -0.2) is 4.98 Å². The molecule has 2 aromatic carbocycles. The molecule has 6 nitrogen and oxygen atoms in total. The molecule has 35 heavy (non-hydrogen) atoms. The average molecular weight is 475 g/mol. The lowest BCUT2D eigenvalue weighted by Crippen LogP contribution is -2.22. The maximum absolute atomic E-state index is 11.2. The first-order valence-electron chi connectivity index (χ1n) is 12.1. The fraction of sp³-hybridized carbons (Fsp3) is 0.379. The van der Waals surface area contributed by atoms with E-state index in [1.54, 1.807) is 0 Å². The standard InChI is InChI=1S/C29H34N2O4/c1-19-25(30-28(35-19)20-9-11-21(12-10-20)31(4)5)16-18-34-26-8-6-7-22-23(26)15-17-29(2,3)24(22)13-14-27(32)33/h6-13H,14-18H2,1-5H3,(H,32,33)/b24-13+. The third kappa shape index (κ3) is 5.42. The van der Waals surface area contributed by atoms with Crippen LogP contribution in [0.2, 0.25) is 0 Å². The van der Waals surface area contributed by atoms with Gasteiger partial charge in [0.05, 0.1) is 18.7 Å². The molecule has 0 fully saturated rings. The van der Waals surface area contributed by atoms with E-state index in [0.29, 0.717) is 18.9 Å². The maximum atomic E-state index is 11.2. The highest BCUT2D eigenvalue weighted by Gasteiger charge is 2.32. The van der Waals surface area contributed by atoms with Crippen LogP contribution in [-0.2, 0) is 17.6 Å². The Labute approximate surface area is 207 Å². The van der Waals surface area contributed by atoms with Crippen LogP contribution >= 0.6 is 0 Å². The van der Waals surface area contributed by atoms with Crippen molar-refractivity contribution in [3.8, 4) is 17.2 Å². The van der Waals surface area contributed by atoms with Gasteiger partial charge in [0.1, 0.15) is 11.5 Å². The smallest absolute Gasteiger partial charge is 0.307 e. The van der Waals surface area contributed by atoms with Gasteiger partial charge >= 0.3 is 5.97 Å². The Kier molecular flexibility index (Phi) is 7.01. The van der Waals surface area contributed by atoms with Crippen LogP contribution in [0.1, 0.15) is 49.3 Å². The molecule has 1 aliphatic rings. The second kappa shape index (κ2) is 9.98. The molecule has 184 valence electrons. The molecule has 1 heterocycles. The van der Waals surface area contributed by atoms with Gasteiger partial charge in [0, 0.05) is 37.3 Å². The molecular formula is C29H34N2O4. The number of carboxylic acid groups (broad SMARTS) is 1. The van der Waals surface area contributed by atoms with E-state index in [4.69, 9.17) is 14.1 Å². The number of fused-ring (bicyclic) bond motifs is 1. The fourth-order valence-electron chi connectivity index (χ4n) is 4.67. The molecule has 1 N–H and O–H groups in total. The van der Waals surface area contributed by atoms with Gasteiger partial charge in [0.2, 0.25) is 5.89 Å². The van der Waals surface area contributed by atoms with Crippen molar-refractivity contribution in [1.82, 2.24) is 4.98 Å².